The van der Waals surface area contributed by atoms with E-state index in [1.165, 1.54) is 24.8 Å². The van der Waals surface area contributed by atoms with Crippen LogP contribution in [-0.2, 0) is 11.2 Å². The van der Waals surface area contributed by atoms with Gasteiger partial charge in [0, 0.05) is 13.0 Å². The van der Waals surface area contributed by atoms with Crippen molar-refractivity contribution in [2.75, 3.05) is 6.54 Å². The lowest BCUT2D eigenvalue weighted by Crippen LogP contribution is -2.29. The fourth-order valence-corrected chi connectivity index (χ4v) is 2.19. The van der Waals surface area contributed by atoms with Crippen molar-refractivity contribution in [3.05, 3.63) is 35.9 Å². The third-order valence-corrected chi connectivity index (χ3v) is 3.61. The number of hydrogen-bond donors (Lipinski definition) is 1. The zero-order valence-corrected chi connectivity index (χ0v) is 12.3. The molecule has 19 heavy (non-hydrogen) atoms. The van der Waals surface area contributed by atoms with Gasteiger partial charge in [0.15, 0.2) is 0 Å². The van der Waals surface area contributed by atoms with Crippen LogP contribution in [0.1, 0.15) is 51.5 Å². The summed E-state index contributed by atoms with van der Waals surface area (Å²) in [5, 5.41) is 3.07. The Labute approximate surface area is 117 Å². The zero-order chi connectivity index (χ0) is 13.9. The van der Waals surface area contributed by atoms with Crippen molar-refractivity contribution in [3.63, 3.8) is 0 Å². The lowest BCUT2D eigenvalue weighted by molar-refractivity contribution is -0.121. The summed E-state index contributed by atoms with van der Waals surface area (Å²) < 4.78 is 0. The highest BCUT2D eigenvalue weighted by atomic mass is 16.1. The summed E-state index contributed by atoms with van der Waals surface area (Å²) >= 11 is 0. The molecule has 0 fully saturated rings. The fraction of sp³-hybridized carbons (Fsp3) is 0.588. The second-order valence-corrected chi connectivity index (χ2v) is 5.21. The Morgan fingerprint density at radius 1 is 1.21 bits per heavy atom. The maximum Gasteiger partial charge on any atom is 0.220 e. The van der Waals surface area contributed by atoms with Crippen molar-refractivity contribution >= 4 is 5.91 Å². The van der Waals surface area contributed by atoms with E-state index in [1.54, 1.807) is 0 Å². The van der Waals surface area contributed by atoms with E-state index < -0.39 is 0 Å². The van der Waals surface area contributed by atoms with Crippen molar-refractivity contribution in [1.82, 2.24) is 5.32 Å². The first kappa shape index (κ1) is 15.7. The minimum atomic E-state index is 0.179. The van der Waals surface area contributed by atoms with E-state index in [-0.39, 0.29) is 5.91 Å². The third kappa shape index (κ3) is 7.00. The molecule has 0 unspecified atom stereocenters. The second kappa shape index (κ2) is 9.60. The van der Waals surface area contributed by atoms with Gasteiger partial charge in [-0.15, -0.1) is 0 Å². The van der Waals surface area contributed by atoms with E-state index in [0.717, 1.165) is 19.4 Å². The highest BCUT2D eigenvalue weighted by molar-refractivity contribution is 5.76. The molecule has 0 aromatic heterocycles. The summed E-state index contributed by atoms with van der Waals surface area (Å²) in [7, 11) is 0. The van der Waals surface area contributed by atoms with Crippen LogP contribution in [0.5, 0.6) is 0 Å². The van der Waals surface area contributed by atoms with Crippen LogP contribution in [-0.4, -0.2) is 12.5 Å². The van der Waals surface area contributed by atoms with Gasteiger partial charge in [0.2, 0.25) is 5.91 Å². The number of hydrogen-bond acceptors (Lipinski definition) is 1. The van der Waals surface area contributed by atoms with Gasteiger partial charge in [-0.1, -0.05) is 63.4 Å². The molecular formula is C17H27NO. The highest BCUT2D eigenvalue weighted by Gasteiger charge is 2.08. The molecule has 1 aromatic rings. The minimum Gasteiger partial charge on any atom is -0.356 e. The monoisotopic (exact) mass is 261 g/mol. The molecule has 0 spiro atoms. The minimum absolute atomic E-state index is 0.179. The van der Waals surface area contributed by atoms with Crippen molar-refractivity contribution in [1.29, 1.82) is 0 Å². The van der Waals surface area contributed by atoms with Crippen LogP contribution in [0.2, 0.25) is 0 Å². The van der Waals surface area contributed by atoms with Gasteiger partial charge >= 0.3 is 0 Å². The van der Waals surface area contributed by atoms with Gasteiger partial charge in [-0.3, -0.25) is 4.79 Å². The summed E-state index contributed by atoms with van der Waals surface area (Å²) in [5.74, 6) is 0.819. The van der Waals surface area contributed by atoms with E-state index in [0.29, 0.717) is 12.3 Å². The normalized spacial score (nSPS) is 12.1. The Morgan fingerprint density at radius 2 is 1.95 bits per heavy atom. The number of carbonyl (C=O) groups excluding carboxylic acids is 1. The van der Waals surface area contributed by atoms with E-state index in [9.17, 15) is 4.79 Å². The first-order chi connectivity index (χ1) is 9.26. The quantitative estimate of drug-likeness (QED) is 0.716. The maximum atomic E-state index is 11.8. The SMILES string of the molecule is CCCC[C@H](CC)CNC(=O)CCc1ccccc1. The number of carbonyl (C=O) groups is 1. The molecule has 0 aliphatic heterocycles. The van der Waals surface area contributed by atoms with Crippen molar-refractivity contribution < 1.29 is 4.79 Å². The molecule has 0 heterocycles. The molecule has 1 aromatic carbocycles. The van der Waals surface area contributed by atoms with Gasteiger partial charge in [-0.2, -0.15) is 0 Å². The molecule has 1 atom stereocenters. The molecule has 1 N–H and O–H groups in total. The molecule has 0 aliphatic rings. The van der Waals surface area contributed by atoms with Crippen LogP contribution in [0, 0.1) is 5.92 Å². The van der Waals surface area contributed by atoms with E-state index in [2.05, 4.69) is 31.3 Å². The number of nitrogens with one attached hydrogen (secondary N) is 1. The van der Waals surface area contributed by atoms with Crippen LogP contribution < -0.4 is 5.32 Å². The molecule has 106 valence electrons. The smallest absolute Gasteiger partial charge is 0.220 e. The number of amides is 1. The Bertz CT molecular complexity index is 348. The Morgan fingerprint density at radius 3 is 2.58 bits per heavy atom. The van der Waals surface area contributed by atoms with Gasteiger partial charge < -0.3 is 5.32 Å². The van der Waals surface area contributed by atoms with Crippen LogP contribution in [0.15, 0.2) is 30.3 Å². The predicted molar refractivity (Wildman–Crippen MR) is 81.1 cm³/mol. The molecule has 0 bridgehead atoms. The van der Waals surface area contributed by atoms with E-state index in [1.807, 2.05) is 18.2 Å². The first-order valence-electron chi connectivity index (χ1n) is 7.56. The van der Waals surface area contributed by atoms with Crippen molar-refractivity contribution in [3.8, 4) is 0 Å². The Balaban J connectivity index is 2.20. The molecule has 2 nitrogen and oxygen atoms in total. The molecule has 1 rings (SSSR count). The van der Waals surface area contributed by atoms with E-state index >= 15 is 0 Å². The lowest BCUT2D eigenvalue weighted by atomic mass is 9.99. The lowest BCUT2D eigenvalue weighted by Gasteiger charge is -2.15. The Hall–Kier alpha value is -1.31. The third-order valence-electron chi connectivity index (χ3n) is 3.61. The summed E-state index contributed by atoms with van der Waals surface area (Å²) in [4.78, 5) is 11.8. The largest absolute Gasteiger partial charge is 0.356 e. The molecule has 0 aliphatic carbocycles. The van der Waals surface area contributed by atoms with Crippen LogP contribution in [0.25, 0.3) is 0 Å². The van der Waals surface area contributed by atoms with Gasteiger partial charge in [0.05, 0.1) is 0 Å². The second-order valence-electron chi connectivity index (χ2n) is 5.21. The van der Waals surface area contributed by atoms with Gasteiger partial charge in [0.25, 0.3) is 0 Å². The molecule has 0 saturated heterocycles. The summed E-state index contributed by atoms with van der Waals surface area (Å²) in [6.07, 6.45) is 6.30. The summed E-state index contributed by atoms with van der Waals surface area (Å²) in [5.41, 5.74) is 1.23. The number of unbranched alkanes of at least 4 members (excludes halogenated alkanes) is 1. The average Bonchev–Trinajstić information content (AvgIpc) is 2.46. The molecule has 2 heteroatoms. The fourth-order valence-electron chi connectivity index (χ4n) is 2.19. The summed E-state index contributed by atoms with van der Waals surface area (Å²) in [6.45, 7) is 5.26. The first-order valence-corrected chi connectivity index (χ1v) is 7.56. The number of aryl methyl sites for hydroxylation is 1. The molecule has 1 amide bonds. The standard InChI is InChI=1S/C17H27NO/c1-3-5-9-15(4-2)14-18-17(19)13-12-16-10-7-6-8-11-16/h6-8,10-11,15H,3-5,9,12-14H2,1-2H3,(H,18,19)/t15-/m0/s1. The highest BCUT2D eigenvalue weighted by Crippen LogP contribution is 2.11. The summed E-state index contributed by atoms with van der Waals surface area (Å²) in [6, 6.07) is 10.2. The topological polar surface area (TPSA) is 29.1 Å². The van der Waals surface area contributed by atoms with Crippen LogP contribution in [0.4, 0.5) is 0 Å². The molecule has 0 saturated carbocycles. The van der Waals surface area contributed by atoms with Crippen molar-refractivity contribution in [2.24, 2.45) is 5.92 Å². The molecular weight excluding hydrogens is 234 g/mol. The van der Waals surface area contributed by atoms with Crippen LogP contribution >= 0.6 is 0 Å². The number of rotatable bonds is 9. The molecule has 0 radical (unpaired) electrons. The van der Waals surface area contributed by atoms with Gasteiger partial charge in [-0.25, -0.2) is 0 Å². The van der Waals surface area contributed by atoms with E-state index in [4.69, 9.17) is 0 Å². The predicted octanol–water partition coefficient (Wildman–Crippen LogP) is 3.95. The number of benzene rings is 1. The van der Waals surface area contributed by atoms with Gasteiger partial charge in [-0.05, 0) is 24.3 Å². The zero-order valence-electron chi connectivity index (χ0n) is 12.3. The Kier molecular flexibility index (Phi) is 7.95. The van der Waals surface area contributed by atoms with Crippen molar-refractivity contribution in [2.45, 2.75) is 52.4 Å². The van der Waals surface area contributed by atoms with Gasteiger partial charge in [0.1, 0.15) is 0 Å². The maximum absolute atomic E-state index is 11.8. The van der Waals surface area contributed by atoms with Crippen LogP contribution in [0.3, 0.4) is 0 Å². The average molecular weight is 261 g/mol.